The maximum atomic E-state index is 12.6. The minimum absolute atomic E-state index is 0.00407. The molecule has 7 nitrogen and oxygen atoms in total. The first-order chi connectivity index (χ1) is 14.8. The molecule has 0 unspecified atom stereocenters. The van der Waals surface area contributed by atoms with Crippen LogP contribution in [0, 0.1) is 0 Å². The van der Waals surface area contributed by atoms with Gasteiger partial charge in [-0.3, -0.25) is 0 Å². The number of alkyl halides is 3. The van der Waals surface area contributed by atoms with E-state index >= 15 is 0 Å². The van der Waals surface area contributed by atoms with E-state index in [4.69, 9.17) is 18.7 Å². The summed E-state index contributed by atoms with van der Waals surface area (Å²) in [7, 11) is 3.02. The van der Waals surface area contributed by atoms with Crippen molar-refractivity contribution in [3.8, 4) is 22.9 Å². The van der Waals surface area contributed by atoms with Crippen LogP contribution in [0.15, 0.2) is 53.1 Å². The maximum Gasteiger partial charge on any atom is 0.416 e. The predicted molar refractivity (Wildman–Crippen MR) is 103 cm³/mol. The van der Waals surface area contributed by atoms with Crippen molar-refractivity contribution in [1.82, 2.24) is 10.1 Å². The highest BCUT2D eigenvalue weighted by molar-refractivity contribution is 5.87. The number of hydrogen-bond donors (Lipinski definition) is 0. The van der Waals surface area contributed by atoms with Gasteiger partial charge in [0.25, 0.3) is 5.89 Å². The molecule has 0 aliphatic heterocycles. The van der Waals surface area contributed by atoms with Gasteiger partial charge >= 0.3 is 12.1 Å². The number of methoxy groups -OCH3 is 2. The lowest BCUT2D eigenvalue weighted by Crippen LogP contribution is -2.04. The van der Waals surface area contributed by atoms with E-state index in [2.05, 4.69) is 10.1 Å². The third kappa shape index (κ3) is 5.62. The van der Waals surface area contributed by atoms with Gasteiger partial charge in [-0.05, 0) is 36.4 Å². The average Bonchev–Trinajstić information content (AvgIpc) is 3.24. The number of halogens is 3. The van der Waals surface area contributed by atoms with E-state index in [1.807, 2.05) is 0 Å². The molecule has 3 rings (SSSR count). The zero-order valence-corrected chi connectivity index (χ0v) is 16.5. The second-order valence-electron chi connectivity index (χ2n) is 6.14. The smallest absolute Gasteiger partial charge is 0.416 e. The first-order valence-corrected chi connectivity index (χ1v) is 8.87. The normalized spacial score (nSPS) is 11.5. The third-order valence-corrected chi connectivity index (χ3v) is 4.11. The summed E-state index contributed by atoms with van der Waals surface area (Å²) in [6, 6.07) is 9.41. The fraction of sp³-hybridized carbons (Fsp3) is 0.190. The van der Waals surface area contributed by atoms with E-state index in [1.165, 1.54) is 38.5 Å². The van der Waals surface area contributed by atoms with Crippen molar-refractivity contribution < 1.29 is 36.7 Å². The number of rotatable bonds is 7. The zero-order valence-electron chi connectivity index (χ0n) is 16.5. The monoisotopic (exact) mass is 434 g/mol. The van der Waals surface area contributed by atoms with Gasteiger partial charge in [-0.1, -0.05) is 17.3 Å². The number of nitrogens with zero attached hydrogens (tertiary/aromatic N) is 2. The van der Waals surface area contributed by atoms with Crippen molar-refractivity contribution in [2.24, 2.45) is 0 Å². The van der Waals surface area contributed by atoms with Crippen LogP contribution in [0.2, 0.25) is 0 Å². The number of aromatic nitrogens is 2. The Balaban J connectivity index is 1.61. The number of carbonyl (C=O) groups excluding carboxylic acids is 1. The summed E-state index contributed by atoms with van der Waals surface area (Å²) in [5.41, 5.74) is 0.161. The van der Waals surface area contributed by atoms with Crippen LogP contribution in [0.4, 0.5) is 13.2 Å². The van der Waals surface area contributed by atoms with Crippen LogP contribution in [-0.2, 0) is 22.3 Å². The van der Waals surface area contributed by atoms with Gasteiger partial charge in [0, 0.05) is 17.2 Å². The Morgan fingerprint density at radius 3 is 2.48 bits per heavy atom. The minimum Gasteiger partial charge on any atom is -0.497 e. The highest BCUT2D eigenvalue weighted by atomic mass is 19.4. The first kappa shape index (κ1) is 21.9. The molecule has 31 heavy (non-hydrogen) atoms. The lowest BCUT2D eigenvalue weighted by atomic mass is 10.1. The molecule has 0 aliphatic rings. The van der Waals surface area contributed by atoms with Crippen molar-refractivity contribution in [3.63, 3.8) is 0 Å². The molecular formula is C21H17F3N2O5. The van der Waals surface area contributed by atoms with Gasteiger partial charge in [0.2, 0.25) is 5.82 Å². The molecule has 0 N–H and O–H groups in total. The fourth-order valence-corrected chi connectivity index (χ4v) is 2.55. The molecule has 0 saturated heterocycles. The van der Waals surface area contributed by atoms with E-state index in [-0.39, 0.29) is 18.3 Å². The zero-order chi connectivity index (χ0) is 22.4. The average molecular weight is 434 g/mol. The maximum absolute atomic E-state index is 12.6. The Bertz CT molecular complexity index is 1080. The number of carbonyl (C=O) groups is 1. The molecule has 2 aromatic carbocycles. The quantitative estimate of drug-likeness (QED) is 0.399. The molecule has 0 fully saturated rings. The molecule has 10 heteroatoms. The molecular weight excluding hydrogens is 417 g/mol. The topological polar surface area (TPSA) is 83.7 Å². The molecule has 1 aromatic heterocycles. The van der Waals surface area contributed by atoms with E-state index in [0.29, 0.717) is 22.6 Å². The molecule has 0 bridgehead atoms. The Hall–Kier alpha value is -3.82. The number of hydrogen-bond acceptors (Lipinski definition) is 7. The summed E-state index contributed by atoms with van der Waals surface area (Å²) in [4.78, 5) is 16.0. The summed E-state index contributed by atoms with van der Waals surface area (Å²) < 4.78 is 58.3. The fourth-order valence-electron chi connectivity index (χ4n) is 2.55. The summed E-state index contributed by atoms with van der Waals surface area (Å²) in [6.45, 7) is -0.300. The van der Waals surface area contributed by atoms with E-state index in [1.54, 1.807) is 18.2 Å². The summed E-state index contributed by atoms with van der Waals surface area (Å²) in [6.07, 6.45) is -1.73. The Kier molecular flexibility index (Phi) is 6.58. The largest absolute Gasteiger partial charge is 0.497 e. The van der Waals surface area contributed by atoms with Crippen LogP contribution in [0.3, 0.4) is 0 Å². The van der Waals surface area contributed by atoms with Gasteiger partial charge in [0.15, 0.2) is 6.61 Å². The molecule has 1 heterocycles. The van der Waals surface area contributed by atoms with Crippen LogP contribution >= 0.6 is 0 Å². The van der Waals surface area contributed by atoms with Crippen LogP contribution in [-0.4, -0.2) is 30.3 Å². The van der Waals surface area contributed by atoms with Crippen molar-refractivity contribution in [1.29, 1.82) is 0 Å². The lowest BCUT2D eigenvalue weighted by Gasteiger charge is -2.07. The van der Waals surface area contributed by atoms with Crippen LogP contribution in [0.1, 0.15) is 17.0 Å². The second kappa shape index (κ2) is 9.33. The van der Waals surface area contributed by atoms with E-state index < -0.39 is 17.7 Å². The minimum atomic E-state index is -4.43. The molecule has 0 spiro atoms. The second-order valence-corrected chi connectivity index (χ2v) is 6.14. The van der Waals surface area contributed by atoms with E-state index in [0.717, 1.165) is 12.1 Å². The standard InChI is InChI=1S/C21H17F3N2O5/c1-28-16-8-9-17(29-2)14(11-16)5-10-19(27)30-12-18-25-20(26-31-18)13-3-6-15(7-4-13)21(22,23)24/h3-11H,12H2,1-2H3/b10-5+. The van der Waals surface area contributed by atoms with Crippen LogP contribution in [0.5, 0.6) is 11.5 Å². The van der Waals surface area contributed by atoms with Crippen molar-refractivity contribution in [2.75, 3.05) is 14.2 Å². The molecule has 0 atom stereocenters. The Labute approximate surface area is 175 Å². The first-order valence-electron chi connectivity index (χ1n) is 8.87. The van der Waals surface area contributed by atoms with Crippen molar-refractivity contribution in [3.05, 3.63) is 65.6 Å². The number of ether oxygens (including phenoxy) is 3. The van der Waals surface area contributed by atoms with E-state index in [9.17, 15) is 18.0 Å². The molecule has 0 amide bonds. The SMILES string of the molecule is COc1ccc(OC)c(/C=C/C(=O)OCc2nc(-c3ccc(C(F)(F)F)cc3)no2)c1. The summed E-state index contributed by atoms with van der Waals surface area (Å²) in [5.74, 6) is 0.546. The molecule has 0 saturated carbocycles. The Morgan fingerprint density at radius 2 is 1.84 bits per heavy atom. The van der Waals surface area contributed by atoms with Crippen molar-refractivity contribution >= 4 is 12.0 Å². The van der Waals surface area contributed by atoms with Gasteiger partial charge in [0.05, 0.1) is 19.8 Å². The van der Waals surface area contributed by atoms with Crippen LogP contribution in [0.25, 0.3) is 17.5 Å². The highest BCUT2D eigenvalue weighted by Crippen LogP contribution is 2.30. The third-order valence-electron chi connectivity index (χ3n) is 4.11. The lowest BCUT2D eigenvalue weighted by molar-refractivity contribution is -0.140. The van der Waals surface area contributed by atoms with Crippen molar-refractivity contribution in [2.45, 2.75) is 12.8 Å². The Morgan fingerprint density at radius 1 is 1.10 bits per heavy atom. The summed E-state index contributed by atoms with van der Waals surface area (Å²) >= 11 is 0. The van der Waals surface area contributed by atoms with Gasteiger partial charge in [-0.25, -0.2) is 4.79 Å². The number of esters is 1. The van der Waals surface area contributed by atoms with Gasteiger partial charge in [-0.2, -0.15) is 18.2 Å². The predicted octanol–water partition coefficient (Wildman–Crippen LogP) is 4.53. The molecule has 0 aliphatic carbocycles. The van der Waals surface area contributed by atoms with Crippen LogP contribution < -0.4 is 9.47 Å². The van der Waals surface area contributed by atoms with Gasteiger partial charge in [0.1, 0.15) is 11.5 Å². The van der Waals surface area contributed by atoms with Gasteiger partial charge in [-0.15, -0.1) is 0 Å². The van der Waals surface area contributed by atoms with Gasteiger partial charge < -0.3 is 18.7 Å². The summed E-state index contributed by atoms with van der Waals surface area (Å²) in [5, 5.41) is 3.68. The highest BCUT2D eigenvalue weighted by Gasteiger charge is 2.30. The molecule has 3 aromatic rings. The molecule has 162 valence electrons. The number of benzene rings is 2. The molecule has 0 radical (unpaired) electrons.